The van der Waals surface area contributed by atoms with Gasteiger partial charge >= 0.3 is 0 Å². The Morgan fingerprint density at radius 1 is 1.27 bits per heavy atom. The Hall–Kier alpha value is -2.38. The molecule has 0 spiro atoms. The van der Waals surface area contributed by atoms with E-state index in [-0.39, 0.29) is 5.91 Å². The van der Waals surface area contributed by atoms with Crippen molar-refractivity contribution in [1.29, 1.82) is 0 Å². The fourth-order valence-electron chi connectivity index (χ4n) is 3.15. The first kappa shape index (κ1) is 15.8. The van der Waals surface area contributed by atoms with Crippen LogP contribution in [0.5, 0.6) is 0 Å². The van der Waals surface area contributed by atoms with Gasteiger partial charge in [-0.25, -0.2) is 14.4 Å². The largest absolute Gasteiger partial charge is 0.302 e. The van der Waals surface area contributed by atoms with Crippen LogP contribution in [0.15, 0.2) is 35.8 Å². The lowest BCUT2D eigenvalue weighted by Crippen LogP contribution is -2.14. The van der Waals surface area contributed by atoms with E-state index in [4.69, 9.17) is 0 Å². The molecule has 4 aromatic rings. The predicted octanol–water partition coefficient (Wildman–Crippen LogP) is 5.18. The quantitative estimate of drug-likeness (QED) is 0.530. The molecule has 0 radical (unpaired) electrons. The number of carbonyl (C=O) groups excluding carboxylic acids is 1. The molecule has 5 rings (SSSR count). The van der Waals surface area contributed by atoms with Crippen LogP contribution in [-0.4, -0.2) is 22.0 Å². The fourth-order valence-corrected chi connectivity index (χ4v) is 4.97. The van der Waals surface area contributed by atoms with E-state index in [9.17, 15) is 9.18 Å². The summed E-state index contributed by atoms with van der Waals surface area (Å²) >= 11 is 3.05. The maximum atomic E-state index is 13.0. The standard InChI is InChI=1S/C19H14FN3OS2/c1-9-2-4-14-17(25-8-21-14)16(9)10-3-5-13-15(6-10)26-19(22-13)23-18(24)11-7-12(11)20/h2-6,8,11-12H,7H2,1H3,(H,22,23,24). The van der Waals surface area contributed by atoms with Gasteiger partial charge in [-0.2, -0.15) is 0 Å². The molecule has 1 amide bonds. The topological polar surface area (TPSA) is 54.9 Å². The molecule has 0 aliphatic heterocycles. The molecule has 2 atom stereocenters. The number of halogens is 1. The predicted molar refractivity (Wildman–Crippen MR) is 105 cm³/mol. The van der Waals surface area contributed by atoms with Crippen molar-refractivity contribution in [3.05, 3.63) is 41.4 Å². The lowest BCUT2D eigenvalue weighted by molar-refractivity contribution is -0.117. The number of aromatic nitrogens is 2. The molecule has 2 unspecified atom stereocenters. The Morgan fingerprint density at radius 2 is 2.08 bits per heavy atom. The number of hydrogen-bond donors (Lipinski definition) is 1. The van der Waals surface area contributed by atoms with Crippen molar-refractivity contribution in [2.75, 3.05) is 5.32 Å². The third kappa shape index (κ3) is 2.59. The van der Waals surface area contributed by atoms with Crippen molar-refractivity contribution in [3.63, 3.8) is 0 Å². The van der Waals surface area contributed by atoms with Crippen molar-refractivity contribution in [2.24, 2.45) is 5.92 Å². The van der Waals surface area contributed by atoms with Crippen LogP contribution in [0.25, 0.3) is 31.6 Å². The van der Waals surface area contributed by atoms with E-state index in [0.29, 0.717) is 11.6 Å². The second-order valence-corrected chi connectivity index (χ2v) is 8.39. The third-order valence-electron chi connectivity index (χ3n) is 4.66. The molecule has 130 valence electrons. The Kier molecular flexibility index (Phi) is 3.55. The molecule has 1 fully saturated rings. The molecule has 1 saturated carbocycles. The molecule has 1 aliphatic rings. The van der Waals surface area contributed by atoms with Gasteiger partial charge in [-0.15, -0.1) is 11.3 Å². The Morgan fingerprint density at radius 3 is 2.88 bits per heavy atom. The van der Waals surface area contributed by atoms with Crippen LogP contribution in [0.4, 0.5) is 9.52 Å². The number of nitrogens with zero attached hydrogens (tertiary/aromatic N) is 2. The number of rotatable bonds is 3. The summed E-state index contributed by atoms with van der Waals surface area (Å²) < 4.78 is 15.2. The van der Waals surface area contributed by atoms with Crippen LogP contribution in [0.3, 0.4) is 0 Å². The van der Waals surface area contributed by atoms with Gasteiger partial charge in [0.05, 0.1) is 31.9 Å². The molecule has 1 N–H and O–H groups in total. The zero-order chi connectivity index (χ0) is 17.8. The Labute approximate surface area is 156 Å². The fraction of sp³-hybridized carbons (Fsp3) is 0.211. The van der Waals surface area contributed by atoms with Gasteiger partial charge in [-0.05, 0) is 42.7 Å². The molecule has 1 aliphatic carbocycles. The zero-order valence-corrected chi connectivity index (χ0v) is 15.5. The van der Waals surface area contributed by atoms with Gasteiger partial charge in [0.1, 0.15) is 6.17 Å². The summed E-state index contributed by atoms with van der Waals surface area (Å²) in [5.41, 5.74) is 7.18. The van der Waals surface area contributed by atoms with Crippen LogP contribution < -0.4 is 5.32 Å². The van der Waals surface area contributed by atoms with Crippen molar-refractivity contribution in [1.82, 2.24) is 9.97 Å². The number of fused-ring (bicyclic) bond motifs is 2. The first-order valence-corrected chi connectivity index (χ1v) is 9.98. The minimum atomic E-state index is -1.00. The lowest BCUT2D eigenvalue weighted by Gasteiger charge is -2.07. The van der Waals surface area contributed by atoms with E-state index >= 15 is 0 Å². The highest BCUT2D eigenvalue weighted by atomic mass is 32.1. The van der Waals surface area contributed by atoms with Crippen LogP contribution in [-0.2, 0) is 4.79 Å². The number of aryl methyl sites for hydroxylation is 1. The summed E-state index contributed by atoms with van der Waals surface area (Å²) in [6.07, 6.45) is -0.683. The van der Waals surface area contributed by atoms with E-state index < -0.39 is 12.1 Å². The molecule has 0 saturated heterocycles. The van der Waals surface area contributed by atoms with Crippen molar-refractivity contribution in [2.45, 2.75) is 19.5 Å². The number of alkyl halides is 1. The number of carbonyl (C=O) groups is 1. The number of amides is 1. The first-order valence-electron chi connectivity index (χ1n) is 8.29. The summed E-state index contributed by atoms with van der Waals surface area (Å²) in [7, 11) is 0. The number of benzene rings is 2. The molecule has 2 aromatic heterocycles. The first-order chi connectivity index (χ1) is 12.6. The Bertz CT molecular complexity index is 1170. The van der Waals surface area contributed by atoms with Gasteiger partial charge in [0.25, 0.3) is 0 Å². The summed E-state index contributed by atoms with van der Waals surface area (Å²) in [6.45, 7) is 2.10. The average Bonchev–Trinajstić information content (AvgIpc) is 3.02. The highest BCUT2D eigenvalue weighted by molar-refractivity contribution is 7.22. The molecule has 2 heterocycles. The van der Waals surface area contributed by atoms with E-state index in [2.05, 4.69) is 34.3 Å². The third-order valence-corrected chi connectivity index (χ3v) is 6.46. The van der Waals surface area contributed by atoms with Gasteiger partial charge in [0.2, 0.25) is 5.91 Å². The molecule has 7 heteroatoms. The molecule has 26 heavy (non-hydrogen) atoms. The maximum absolute atomic E-state index is 13.0. The van der Waals surface area contributed by atoms with E-state index in [1.54, 1.807) is 11.3 Å². The summed E-state index contributed by atoms with van der Waals surface area (Å²) in [5.74, 6) is -0.786. The van der Waals surface area contributed by atoms with Gasteiger partial charge in [-0.1, -0.05) is 23.5 Å². The SMILES string of the molecule is Cc1ccc2ncsc2c1-c1ccc2nc(NC(=O)C3CC3F)sc2c1. The van der Waals surface area contributed by atoms with E-state index in [1.807, 2.05) is 23.7 Å². The smallest absolute Gasteiger partial charge is 0.232 e. The minimum Gasteiger partial charge on any atom is -0.302 e. The monoisotopic (exact) mass is 383 g/mol. The van der Waals surface area contributed by atoms with Gasteiger partial charge < -0.3 is 5.32 Å². The highest BCUT2D eigenvalue weighted by Crippen LogP contribution is 2.38. The maximum Gasteiger partial charge on any atom is 0.232 e. The number of anilines is 1. The second kappa shape index (κ2) is 5.82. The number of hydrogen-bond acceptors (Lipinski definition) is 5. The van der Waals surface area contributed by atoms with Crippen molar-refractivity contribution in [3.8, 4) is 11.1 Å². The average molecular weight is 383 g/mol. The molecule has 0 bridgehead atoms. The van der Waals surface area contributed by atoms with E-state index in [0.717, 1.165) is 21.3 Å². The van der Waals surface area contributed by atoms with Crippen molar-refractivity contribution < 1.29 is 9.18 Å². The highest BCUT2D eigenvalue weighted by Gasteiger charge is 2.43. The van der Waals surface area contributed by atoms with Crippen LogP contribution in [0.2, 0.25) is 0 Å². The van der Waals surface area contributed by atoms with Gasteiger partial charge in [0.15, 0.2) is 5.13 Å². The number of thiazole rings is 2. The zero-order valence-electron chi connectivity index (χ0n) is 13.8. The summed E-state index contributed by atoms with van der Waals surface area (Å²) in [6, 6.07) is 10.2. The lowest BCUT2D eigenvalue weighted by atomic mass is 10.00. The molecule has 4 nitrogen and oxygen atoms in total. The van der Waals surface area contributed by atoms with Crippen LogP contribution in [0.1, 0.15) is 12.0 Å². The minimum absolute atomic E-state index is 0.276. The normalized spacial score (nSPS) is 19.2. The molecular weight excluding hydrogens is 369 g/mol. The Balaban J connectivity index is 1.54. The second-order valence-electron chi connectivity index (χ2n) is 6.51. The number of nitrogens with one attached hydrogen (secondary N) is 1. The molecule has 2 aromatic carbocycles. The van der Waals surface area contributed by atoms with Crippen LogP contribution >= 0.6 is 22.7 Å². The van der Waals surface area contributed by atoms with Gasteiger partial charge in [0, 0.05) is 5.56 Å². The van der Waals surface area contributed by atoms with E-state index in [1.165, 1.54) is 27.2 Å². The van der Waals surface area contributed by atoms with Crippen molar-refractivity contribution >= 4 is 54.1 Å². The summed E-state index contributed by atoms with van der Waals surface area (Å²) in [4.78, 5) is 20.8. The molecular formula is C19H14FN3OS2. The van der Waals surface area contributed by atoms with Crippen LogP contribution in [0, 0.1) is 12.8 Å². The summed E-state index contributed by atoms with van der Waals surface area (Å²) in [5, 5.41) is 3.26. The van der Waals surface area contributed by atoms with Gasteiger partial charge in [-0.3, -0.25) is 4.79 Å².